The van der Waals surface area contributed by atoms with E-state index in [1.807, 2.05) is 72.8 Å². The molecule has 9 aromatic carbocycles. The molecule has 0 spiro atoms. The average molecular weight is 857 g/mol. The molecule has 67 heavy (non-hydrogen) atoms. The third-order valence-corrected chi connectivity index (χ3v) is 12.3. The number of rotatable bonds is 9. The number of benzene rings is 9. The van der Waals surface area contributed by atoms with E-state index in [-0.39, 0.29) is 0 Å². The third kappa shape index (κ3) is 7.85. The Bertz CT molecular complexity index is 3450. The van der Waals surface area contributed by atoms with Crippen molar-refractivity contribution in [2.45, 2.75) is 0 Å². The van der Waals surface area contributed by atoms with Gasteiger partial charge in [0, 0.05) is 44.2 Å². The van der Waals surface area contributed by atoms with Crippen LogP contribution in [0.3, 0.4) is 0 Å². The highest BCUT2D eigenvalue weighted by Crippen LogP contribution is 2.43. The van der Waals surface area contributed by atoms with E-state index in [0.717, 1.165) is 111 Å². The zero-order valence-corrected chi connectivity index (χ0v) is 36.3. The van der Waals surface area contributed by atoms with Crippen LogP contribution >= 0.6 is 0 Å². The molecular formula is C62H40N4O. The normalized spacial score (nSPS) is 11.3. The Morgan fingerprint density at radius 2 is 0.627 bits per heavy atom. The maximum Gasteiger partial charge on any atom is 0.160 e. The first-order chi connectivity index (χ1) is 33.2. The molecule has 314 valence electrons. The largest absolute Gasteiger partial charge is 0.456 e. The molecule has 0 saturated heterocycles. The van der Waals surface area contributed by atoms with Crippen LogP contribution in [-0.2, 0) is 0 Å². The summed E-state index contributed by atoms with van der Waals surface area (Å²) in [4.78, 5) is 20.9. The summed E-state index contributed by atoms with van der Waals surface area (Å²) >= 11 is 0. The summed E-state index contributed by atoms with van der Waals surface area (Å²) in [6.07, 6.45) is 0. The van der Waals surface area contributed by atoms with Crippen LogP contribution in [0.5, 0.6) is 0 Å². The van der Waals surface area contributed by atoms with Gasteiger partial charge in [0.15, 0.2) is 11.6 Å². The van der Waals surface area contributed by atoms with Gasteiger partial charge in [0.25, 0.3) is 0 Å². The summed E-state index contributed by atoms with van der Waals surface area (Å²) in [6.45, 7) is 0. The molecule has 0 amide bonds. The topological polar surface area (TPSA) is 64.7 Å². The Morgan fingerprint density at radius 1 is 0.239 bits per heavy atom. The summed E-state index contributed by atoms with van der Waals surface area (Å²) in [5.74, 6) is 1.29. The van der Waals surface area contributed by atoms with Gasteiger partial charge in [0.2, 0.25) is 0 Å². The second kappa shape index (κ2) is 17.1. The first-order valence-electron chi connectivity index (χ1n) is 22.4. The summed E-state index contributed by atoms with van der Waals surface area (Å²) in [6, 6.07) is 83.9. The molecule has 3 heterocycles. The van der Waals surface area contributed by atoms with E-state index < -0.39 is 0 Å². The molecule has 0 atom stereocenters. The van der Waals surface area contributed by atoms with Crippen molar-refractivity contribution in [3.05, 3.63) is 243 Å². The van der Waals surface area contributed by atoms with Crippen molar-refractivity contribution in [1.82, 2.24) is 19.9 Å². The van der Waals surface area contributed by atoms with Gasteiger partial charge >= 0.3 is 0 Å². The Labute approximate surface area is 388 Å². The van der Waals surface area contributed by atoms with Gasteiger partial charge in [-0.3, -0.25) is 0 Å². The predicted molar refractivity (Wildman–Crippen MR) is 274 cm³/mol. The molecule has 5 heteroatoms. The van der Waals surface area contributed by atoms with E-state index in [4.69, 9.17) is 24.4 Å². The van der Waals surface area contributed by atoms with Gasteiger partial charge in [-0.1, -0.05) is 188 Å². The molecule has 0 aliphatic rings. The third-order valence-electron chi connectivity index (χ3n) is 12.3. The molecule has 3 aromatic heterocycles. The van der Waals surface area contributed by atoms with Crippen LogP contribution < -0.4 is 0 Å². The van der Waals surface area contributed by atoms with Crippen molar-refractivity contribution in [1.29, 1.82) is 0 Å². The van der Waals surface area contributed by atoms with Gasteiger partial charge in [0.05, 0.1) is 22.8 Å². The van der Waals surface area contributed by atoms with E-state index >= 15 is 0 Å². The molecule has 0 fully saturated rings. The second-order valence-corrected chi connectivity index (χ2v) is 16.6. The molecule has 0 aliphatic carbocycles. The molecule has 0 radical (unpaired) electrons. The Balaban J connectivity index is 1.12. The molecule has 0 bridgehead atoms. The first-order valence-corrected chi connectivity index (χ1v) is 22.4. The van der Waals surface area contributed by atoms with Gasteiger partial charge < -0.3 is 4.42 Å². The van der Waals surface area contributed by atoms with Crippen LogP contribution in [-0.4, -0.2) is 19.9 Å². The van der Waals surface area contributed by atoms with Gasteiger partial charge in [-0.2, -0.15) is 0 Å². The summed E-state index contributed by atoms with van der Waals surface area (Å²) in [7, 11) is 0. The lowest BCUT2D eigenvalue weighted by Crippen LogP contribution is -1.98. The lowest BCUT2D eigenvalue weighted by Gasteiger charge is -2.15. The van der Waals surface area contributed by atoms with Crippen LogP contribution in [0, 0.1) is 0 Å². The second-order valence-electron chi connectivity index (χ2n) is 16.6. The molecule has 0 aliphatic heterocycles. The van der Waals surface area contributed by atoms with E-state index in [2.05, 4.69) is 170 Å². The molecule has 0 unspecified atom stereocenters. The maximum absolute atomic E-state index is 6.82. The fraction of sp³-hybridized carbons (Fsp3) is 0. The summed E-state index contributed by atoms with van der Waals surface area (Å²) < 4.78 is 6.82. The van der Waals surface area contributed by atoms with Crippen LogP contribution in [0.2, 0.25) is 0 Å². The Kier molecular flexibility index (Phi) is 10.1. The molecule has 0 saturated carbocycles. The van der Waals surface area contributed by atoms with Crippen LogP contribution in [0.1, 0.15) is 0 Å². The molecule has 12 aromatic rings. The maximum atomic E-state index is 6.82. The molecule has 12 rings (SSSR count). The van der Waals surface area contributed by atoms with Crippen molar-refractivity contribution in [3.63, 3.8) is 0 Å². The minimum absolute atomic E-state index is 0.647. The highest BCUT2D eigenvalue weighted by molar-refractivity contribution is 6.14. The van der Waals surface area contributed by atoms with E-state index in [0.29, 0.717) is 11.6 Å². The Hall–Kier alpha value is -9.06. The summed E-state index contributed by atoms with van der Waals surface area (Å²) in [5.41, 5.74) is 17.1. The lowest BCUT2D eigenvalue weighted by atomic mass is 9.91. The van der Waals surface area contributed by atoms with Crippen molar-refractivity contribution in [3.8, 4) is 101 Å². The summed E-state index contributed by atoms with van der Waals surface area (Å²) in [5, 5.41) is 2.15. The highest BCUT2D eigenvalue weighted by Gasteiger charge is 2.20. The molecular weight excluding hydrogens is 817 g/mol. The lowest BCUT2D eigenvalue weighted by molar-refractivity contribution is 0.669. The zero-order valence-electron chi connectivity index (χ0n) is 36.3. The number of fused-ring (bicyclic) bond motifs is 3. The number of nitrogens with zero attached hydrogens (tertiary/aromatic N) is 4. The van der Waals surface area contributed by atoms with Crippen LogP contribution in [0.15, 0.2) is 247 Å². The fourth-order valence-electron chi connectivity index (χ4n) is 8.96. The average Bonchev–Trinajstić information content (AvgIpc) is 3.80. The molecule has 0 N–H and O–H groups in total. The van der Waals surface area contributed by atoms with Crippen molar-refractivity contribution < 1.29 is 4.42 Å². The smallest absolute Gasteiger partial charge is 0.160 e. The van der Waals surface area contributed by atoms with Gasteiger partial charge in [-0.05, 0) is 88.0 Å². The number of hydrogen-bond acceptors (Lipinski definition) is 5. The SMILES string of the molecule is c1ccc(-c2ccc3oc4cc(-c5cc(-c6cc(-c7ccccc7)nc(-c7ccccc7)n6)cc(-c6cc(-c7ccccc7)nc(-c7ccccc7)n6)c5)cc(-c5ccccc5)c4c3c2)cc1. The van der Waals surface area contributed by atoms with Gasteiger partial charge in [0.1, 0.15) is 11.2 Å². The van der Waals surface area contributed by atoms with E-state index in [9.17, 15) is 0 Å². The van der Waals surface area contributed by atoms with E-state index in [1.54, 1.807) is 0 Å². The minimum atomic E-state index is 0.647. The number of aromatic nitrogens is 4. The Morgan fingerprint density at radius 3 is 1.10 bits per heavy atom. The quantitative estimate of drug-likeness (QED) is 0.145. The van der Waals surface area contributed by atoms with Gasteiger partial charge in [-0.15, -0.1) is 0 Å². The van der Waals surface area contributed by atoms with Crippen LogP contribution in [0.4, 0.5) is 0 Å². The predicted octanol–water partition coefficient (Wildman–Crippen LogP) is 16.2. The van der Waals surface area contributed by atoms with Gasteiger partial charge in [-0.25, -0.2) is 19.9 Å². The van der Waals surface area contributed by atoms with Crippen molar-refractivity contribution >= 4 is 21.9 Å². The number of hydrogen-bond donors (Lipinski definition) is 0. The standard InChI is InChI=1S/C62H40N4O/c1-7-19-41(20-8-1)47-31-32-58-53(36-47)60-52(42-21-9-2-10-22-42)37-49(38-59(60)67-58)48-33-50(56-39-54(43-23-11-3-12-24-43)63-61(65-56)45-27-15-5-16-28-45)35-51(34-48)57-40-55(44-25-13-4-14-26-44)64-62(66-57)46-29-17-6-18-30-46/h1-40H. The zero-order chi connectivity index (χ0) is 44.5. The minimum Gasteiger partial charge on any atom is -0.456 e. The van der Waals surface area contributed by atoms with Crippen molar-refractivity contribution in [2.75, 3.05) is 0 Å². The first kappa shape index (κ1) is 39.5. The monoisotopic (exact) mass is 856 g/mol. The number of furan rings is 1. The van der Waals surface area contributed by atoms with Crippen molar-refractivity contribution in [2.24, 2.45) is 0 Å². The van der Waals surface area contributed by atoms with Crippen LogP contribution in [0.25, 0.3) is 123 Å². The highest BCUT2D eigenvalue weighted by atomic mass is 16.3. The fourth-order valence-corrected chi connectivity index (χ4v) is 8.96. The van der Waals surface area contributed by atoms with E-state index in [1.165, 1.54) is 0 Å². The molecule has 5 nitrogen and oxygen atoms in total.